The van der Waals surface area contributed by atoms with Crippen LogP contribution in [-0.2, 0) is 5.41 Å². The van der Waals surface area contributed by atoms with Crippen molar-refractivity contribution in [1.82, 2.24) is 0 Å². The highest BCUT2D eigenvalue weighted by Crippen LogP contribution is 2.50. The number of hydrogen-bond donors (Lipinski definition) is 0. The van der Waals surface area contributed by atoms with Crippen LogP contribution in [0.4, 0.5) is 0 Å². The SMILES string of the molecule is CC1(C)CC(=O)c2c3c(cc(Cl)c21)OCCO3. The highest BCUT2D eigenvalue weighted by Gasteiger charge is 2.41. The largest absolute Gasteiger partial charge is 0.486 e. The van der Waals surface area contributed by atoms with E-state index in [9.17, 15) is 4.79 Å². The quantitative estimate of drug-likeness (QED) is 0.712. The van der Waals surface area contributed by atoms with E-state index >= 15 is 0 Å². The predicted octanol–water partition coefficient (Wildman–Crippen LogP) is 2.98. The topological polar surface area (TPSA) is 35.5 Å². The summed E-state index contributed by atoms with van der Waals surface area (Å²) in [6, 6.07) is 1.76. The Morgan fingerprint density at radius 1 is 1.29 bits per heavy atom. The summed E-state index contributed by atoms with van der Waals surface area (Å²) in [4.78, 5) is 12.1. The number of rotatable bonds is 0. The van der Waals surface area contributed by atoms with Crippen LogP contribution in [0, 0.1) is 0 Å². The van der Waals surface area contributed by atoms with E-state index < -0.39 is 0 Å². The maximum absolute atomic E-state index is 12.1. The van der Waals surface area contributed by atoms with Crippen molar-refractivity contribution in [3.63, 3.8) is 0 Å². The van der Waals surface area contributed by atoms with E-state index in [2.05, 4.69) is 0 Å². The summed E-state index contributed by atoms with van der Waals surface area (Å²) >= 11 is 6.27. The molecule has 90 valence electrons. The van der Waals surface area contributed by atoms with E-state index in [1.807, 2.05) is 13.8 Å². The molecule has 2 aliphatic rings. The molecule has 0 spiro atoms. The van der Waals surface area contributed by atoms with Crippen molar-refractivity contribution < 1.29 is 14.3 Å². The molecule has 0 unspecified atom stereocenters. The van der Waals surface area contributed by atoms with Gasteiger partial charge in [-0.3, -0.25) is 4.79 Å². The van der Waals surface area contributed by atoms with Gasteiger partial charge in [-0.2, -0.15) is 0 Å². The summed E-state index contributed by atoms with van der Waals surface area (Å²) in [5.41, 5.74) is 1.30. The molecule has 0 fully saturated rings. The molecule has 0 saturated heterocycles. The number of Topliss-reactive ketones (excluding diaryl/α,β-unsaturated/α-hetero) is 1. The number of ether oxygens (including phenoxy) is 2. The van der Waals surface area contributed by atoms with Crippen molar-refractivity contribution >= 4 is 17.4 Å². The lowest BCUT2D eigenvalue weighted by molar-refractivity contribution is 0.0971. The van der Waals surface area contributed by atoms with Gasteiger partial charge in [0.15, 0.2) is 17.3 Å². The highest BCUT2D eigenvalue weighted by molar-refractivity contribution is 6.33. The Labute approximate surface area is 105 Å². The van der Waals surface area contributed by atoms with Gasteiger partial charge in [0.05, 0.1) is 5.56 Å². The maximum Gasteiger partial charge on any atom is 0.172 e. The Morgan fingerprint density at radius 3 is 2.76 bits per heavy atom. The maximum atomic E-state index is 12.1. The molecule has 17 heavy (non-hydrogen) atoms. The van der Waals surface area contributed by atoms with Crippen molar-refractivity contribution in [2.75, 3.05) is 13.2 Å². The van der Waals surface area contributed by atoms with Crippen LogP contribution >= 0.6 is 11.6 Å². The van der Waals surface area contributed by atoms with Crippen LogP contribution < -0.4 is 9.47 Å². The van der Waals surface area contributed by atoms with Gasteiger partial charge in [-0.1, -0.05) is 25.4 Å². The summed E-state index contributed by atoms with van der Waals surface area (Å²) < 4.78 is 11.1. The van der Waals surface area contributed by atoms with E-state index in [-0.39, 0.29) is 11.2 Å². The normalized spacial score (nSPS) is 20.3. The third-order valence-electron chi connectivity index (χ3n) is 3.34. The summed E-state index contributed by atoms with van der Waals surface area (Å²) in [5.74, 6) is 1.26. The minimum Gasteiger partial charge on any atom is -0.486 e. The smallest absolute Gasteiger partial charge is 0.172 e. The second-order valence-electron chi connectivity index (χ2n) is 5.12. The molecule has 1 aliphatic carbocycles. The third kappa shape index (κ3) is 1.45. The average molecular weight is 253 g/mol. The van der Waals surface area contributed by atoms with Gasteiger partial charge in [0, 0.05) is 17.5 Å². The Balaban J connectivity index is 2.32. The van der Waals surface area contributed by atoms with Crippen LogP contribution in [0.3, 0.4) is 0 Å². The first-order valence-electron chi connectivity index (χ1n) is 5.66. The van der Waals surface area contributed by atoms with Gasteiger partial charge >= 0.3 is 0 Å². The number of hydrogen-bond acceptors (Lipinski definition) is 3. The molecular formula is C13H13ClO3. The fourth-order valence-corrected chi connectivity index (χ4v) is 3.11. The zero-order valence-electron chi connectivity index (χ0n) is 9.80. The molecule has 0 bridgehead atoms. The minimum absolute atomic E-state index is 0.0919. The highest BCUT2D eigenvalue weighted by atomic mass is 35.5. The van der Waals surface area contributed by atoms with Gasteiger partial charge < -0.3 is 9.47 Å². The summed E-state index contributed by atoms with van der Waals surface area (Å²) in [6.45, 7) is 5.03. The van der Waals surface area contributed by atoms with E-state index in [0.717, 1.165) is 5.56 Å². The van der Waals surface area contributed by atoms with Gasteiger partial charge in [0.25, 0.3) is 0 Å². The van der Waals surface area contributed by atoms with Crippen molar-refractivity contribution in [2.24, 2.45) is 0 Å². The first-order valence-corrected chi connectivity index (χ1v) is 6.04. The molecule has 1 aromatic carbocycles. The Morgan fingerprint density at radius 2 is 2.00 bits per heavy atom. The molecule has 1 heterocycles. The first kappa shape index (κ1) is 10.9. The molecule has 3 nitrogen and oxygen atoms in total. The first-order chi connectivity index (χ1) is 8.00. The number of halogens is 1. The number of ketones is 1. The second-order valence-corrected chi connectivity index (χ2v) is 5.52. The molecule has 0 aromatic heterocycles. The lowest BCUT2D eigenvalue weighted by atomic mass is 9.86. The molecule has 4 heteroatoms. The summed E-state index contributed by atoms with van der Waals surface area (Å²) in [7, 11) is 0. The molecule has 3 rings (SSSR count). The van der Waals surface area contributed by atoms with Crippen molar-refractivity contribution in [1.29, 1.82) is 0 Å². The summed E-state index contributed by atoms with van der Waals surface area (Å²) in [6.07, 6.45) is 0.474. The summed E-state index contributed by atoms with van der Waals surface area (Å²) in [5, 5.41) is 0.597. The van der Waals surface area contributed by atoms with Gasteiger partial charge in [0.1, 0.15) is 13.2 Å². The molecule has 0 N–H and O–H groups in total. The van der Waals surface area contributed by atoms with Crippen molar-refractivity contribution in [3.05, 3.63) is 22.2 Å². The van der Waals surface area contributed by atoms with Crippen molar-refractivity contribution in [2.45, 2.75) is 25.7 Å². The Bertz CT molecular complexity index is 520. The van der Waals surface area contributed by atoms with E-state index in [0.29, 0.717) is 41.7 Å². The average Bonchev–Trinajstić information content (AvgIpc) is 2.50. The van der Waals surface area contributed by atoms with Crippen molar-refractivity contribution in [3.8, 4) is 11.5 Å². The molecule has 0 amide bonds. The molecular weight excluding hydrogens is 240 g/mol. The molecule has 0 atom stereocenters. The fourth-order valence-electron chi connectivity index (χ4n) is 2.66. The monoisotopic (exact) mass is 252 g/mol. The lowest BCUT2D eigenvalue weighted by Crippen LogP contribution is -2.18. The zero-order valence-corrected chi connectivity index (χ0v) is 10.6. The van der Waals surface area contributed by atoms with Gasteiger partial charge in [-0.15, -0.1) is 0 Å². The number of fused-ring (bicyclic) bond motifs is 3. The van der Waals surface area contributed by atoms with E-state index in [4.69, 9.17) is 21.1 Å². The standard InChI is InChI=1S/C13H13ClO3/c1-13(2)6-8(15)10-11(13)7(14)5-9-12(10)17-4-3-16-9/h5H,3-4,6H2,1-2H3. The van der Waals surface area contributed by atoms with Gasteiger partial charge in [0.2, 0.25) is 0 Å². The molecule has 1 aliphatic heterocycles. The third-order valence-corrected chi connectivity index (χ3v) is 3.64. The zero-order chi connectivity index (χ0) is 12.2. The number of carbonyl (C=O) groups excluding carboxylic acids is 1. The van der Waals surface area contributed by atoms with Gasteiger partial charge in [-0.25, -0.2) is 0 Å². The fraction of sp³-hybridized carbons (Fsp3) is 0.462. The number of benzene rings is 1. The van der Waals surface area contributed by atoms with Crippen LogP contribution in [-0.4, -0.2) is 19.0 Å². The minimum atomic E-state index is -0.223. The second kappa shape index (κ2) is 3.39. The van der Waals surface area contributed by atoms with Crippen LogP contribution in [0.5, 0.6) is 11.5 Å². The van der Waals surface area contributed by atoms with Gasteiger partial charge in [-0.05, 0) is 11.0 Å². The van der Waals surface area contributed by atoms with Crippen LogP contribution in [0.1, 0.15) is 36.2 Å². The van der Waals surface area contributed by atoms with Crippen LogP contribution in [0.15, 0.2) is 6.07 Å². The lowest BCUT2D eigenvalue weighted by Gasteiger charge is -2.24. The Hall–Kier alpha value is -1.22. The Kier molecular flexibility index (Phi) is 2.17. The predicted molar refractivity (Wildman–Crippen MR) is 64.4 cm³/mol. The molecule has 0 saturated carbocycles. The van der Waals surface area contributed by atoms with E-state index in [1.165, 1.54) is 0 Å². The molecule has 1 aromatic rings. The molecule has 0 radical (unpaired) electrons. The number of carbonyl (C=O) groups is 1. The van der Waals surface area contributed by atoms with Crippen LogP contribution in [0.25, 0.3) is 0 Å². The van der Waals surface area contributed by atoms with E-state index in [1.54, 1.807) is 6.07 Å². The van der Waals surface area contributed by atoms with Crippen LogP contribution in [0.2, 0.25) is 5.02 Å².